The molecule has 0 aliphatic carbocycles. The van der Waals surface area contributed by atoms with Crippen LogP contribution in [0.1, 0.15) is 36.0 Å². The molecule has 0 saturated carbocycles. The second-order valence-electron chi connectivity index (χ2n) is 5.60. The standard InChI is InChI=1S/C16H24N4O2/c1-5-15-17-8-9-20(15)11-12(2)18-10-13-6-7-14(22-13)16(21)19(3)4/h6-9,12,18H,5,10-11H2,1-4H3/t12-/m1/s1. The Hall–Kier alpha value is -2.08. The first-order chi connectivity index (χ1) is 10.5. The average molecular weight is 304 g/mol. The summed E-state index contributed by atoms with van der Waals surface area (Å²) in [6.45, 7) is 5.67. The van der Waals surface area contributed by atoms with Crippen LogP contribution in [0.3, 0.4) is 0 Å². The van der Waals surface area contributed by atoms with Crippen LogP contribution in [0.5, 0.6) is 0 Å². The van der Waals surface area contributed by atoms with E-state index in [0.717, 1.165) is 24.6 Å². The maximum atomic E-state index is 11.8. The smallest absolute Gasteiger partial charge is 0.289 e. The van der Waals surface area contributed by atoms with E-state index in [2.05, 4.69) is 28.7 Å². The third-order valence-electron chi connectivity index (χ3n) is 3.49. The number of carbonyl (C=O) groups is 1. The summed E-state index contributed by atoms with van der Waals surface area (Å²) in [6, 6.07) is 3.83. The molecule has 22 heavy (non-hydrogen) atoms. The molecule has 120 valence electrons. The molecule has 0 bridgehead atoms. The monoisotopic (exact) mass is 304 g/mol. The first-order valence-electron chi connectivity index (χ1n) is 7.55. The summed E-state index contributed by atoms with van der Waals surface area (Å²) in [5.74, 6) is 2.10. The molecule has 0 radical (unpaired) electrons. The number of imidazole rings is 1. The van der Waals surface area contributed by atoms with Crippen LogP contribution in [0.2, 0.25) is 0 Å². The highest BCUT2D eigenvalue weighted by molar-refractivity contribution is 5.91. The Morgan fingerprint density at radius 2 is 2.23 bits per heavy atom. The van der Waals surface area contributed by atoms with Gasteiger partial charge in [-0.25, -0.2) is 4.98 Å². The van der Waals surface area contributed by atoms with E-state index in [1.165, 1.54) is 4.90 Å². The van der Waals surface area contributed by atoms with Gasteiger partial charge in [0.05, 0.1) is 6.54 Å². The Bertz CT molecular complexity index is 615. The molecule has 0 aliphatic rings. The van der Waals surface area contributed by atoms with Crippen molar-refractivity contribution in [3.8, 4) is 0 Å². The molecule has 2 rings (SSSR count). The van der Waals surface area contributed by atoms with Crippen LogP contribution >= 0.6 is 0 Å². The quantitative estimate of drug-likeness (QED) is 0.849. The predicted octanol–water partition coefficient (Wildman–Crippen LogP) is 1.92. The Morgan fingerprint density at radius 1 is 1.45 bits per heavy atom. The van der Waals surface area contributed by atoms with Gasteiger partial charge in [0, 0.05) is 45.5 Å². The number of aryl methyl sites for hydroxylation is 1. The van der Waals surface area contributed by atoms with Gasteiger partial charge in [0.1, 0.15) is 11.6 Å². The number of rotatable bonds is 7. The number of carbonyl (C=O) groups excluding carboxylic acids is 1. The number of hydrogen-bond acceptors (Lipinski definition) is 4. The van der Waals surface area contributed by atoms with Gasteiger partial charge in [0.15, 0.2) is 5.76 Å². The molecule has 2 aromatic heterocycles. The van der Waals surface area contributed by atoms with Crippen LogP contribution in [0, 0.1) is 0 Å². The minimum absolute atomic E-state index is 0.120. The van der Waals surface area contributed by atoms with Crippen LogP contribution < -0.4 is 5.32 Å². The lowest BCUT2D eigenvalue weighted by molar-refractivity contribution is 0.0794. The van der Waals surface area contributed by atoms with E-state index in [0.29, 0.717) is 12.3 Å². The van der Waals surface area contributed by atoms with Crippen molar-refractivity contribution in [3.05, 3.63) is 41.9 Å². The van der Waals surface area contributed by atoms with Gasteiger partial charge in [0.25, 0.3) is 5.91 Å². The molecule has 0 saturated heterocycles. The Balaban J connectivity index is 1.86. The molecule has 0 aliphatic heterocycles. The molecule has 6 nitrogen and oxygen atoms in total. The lowest BCUT2D eigenvalue weighted by atomic mass is 10.3. The summed E-state index contributed by atoms with van der Waals surface area (Å²) in [5.41, 5.74) is 0. The van der Waals surface area contributed by atoms with E-state index in [9.17, 15) is 4.79 Å². The van der Waals surface area contributed by atoms with Crippen molar-refractivity contribution in [1.82, 2.24) is 19.8 Å². The minimum Gasteiger partial charge on any atom is -0.455 e. The van der Waals surface area contributed by atoms with E-state index in [1.54, 1.807) is 20.2 Å². The maximum Gasteiger partial charge on any atom is 0.289 e. The SMILES string of the molecule is CCc1nccn1C[C@@H](C)NCc1ccc(C(=O)N(C)C)o1. The Kier molecular flexibility index (Phi) is 5.38. The van der Waals surface area contributed by atoms with Gasteiger partial charge in [-0.1, -0.05) is 6.92 Å². The number of aromatic nitrogens is 2. The second-order valence-corrected chi connectivity index (χ2v) is 5.60. The molecule has 1 N–H and O–H groups in total. The van der Waals surface area contributed by atoms with E-state index in [1.807, 2.05) is 18.5 Å². The lowest BCUT2D eigenvalue weighted by Crippen LogP contribution is -2.30. The van der Waals surface area contributed by atoms with Gasteiger partial charge in [-0.15, -0.1) is 0 Å². The van der Waals surface area contributed by atoms with Crippen molar-refractivity contribution >= 4 is 5.91 Å². The molecule has 6 heteroatoms. The van der Waals surface area contributed by atoms with Gasteiger partial charge in [-0.2, -0.15) is 0 Å². The third kappa shape index (κ3) is 3.98. The van der Waals surface area contributed by atoms with Crippen molar-refractivity contribution in [3.63, 3.8) is 0 Å². The highest BCUT2D eigenvalue weighted by atomic mass is 16.4. The number of nitrogens with one attached hydrogen (secondary N) is 1. The number of furan rings is 1. The molecule has 1 amide bonds. The zero-order valence-corrected chi connectivity index (χ0v) is 13.7. The number of amides is 1. The number of hydrogen-bond donors (Lipinski definition) is 1. The summed E-state index contributed by atoms with van der Waals surface area (Å²) in [6.07, 6.45) is 4.75. The largest absolute Gasteiger partial charge is 0.455 e. The highest BCUT2D eigenvalue weighted by Crippen LogP contribution is 2.10. The van der Waals surface area contributed by atoms with E-state index in [-0.39, 0.29) is 11.9 Å². The summed E-state index contributed by atoms with van der Waals surface area (Å²) in [5, 5.41) is 3.40. The van der Waals surface area contributed by atoms with Crippen molar-refractivity contribution < 1.29 is 9.21 Å². The minimum atomic E-state index is -0.120. The molecule has 0 spiro atoms. The van der Waals surface area contributed by atoms with Crippen molar-refractivity contribution in [2.24, 2.45) is 0 Å². The van der Waals surface area contributed by atoms with Crippen LogP contribution in [-0.2, 0) is 19.5 Å². The first kappa shape index (κ1) is 16.3. The fraction of sp³-hybridized carbons (Fsp3) is 0.500. The van der Waals surface area contributed by atoms with Crippen LogP contribution in [-0.4, -0.2) is 40.5 Å². The molecule has 0 unspecified atom stereocenters. The van der Waals surface area contributed by atoms with Crippen molar-refractivity contribution in [2.75, 3.05) is 14.1 Å². The average Bonchev–Trinajstić information content (AvgIpc) is 3.12. The van der Waals surface area contributed by atoms with Gasteiger partial charge in [-0.05, 0) is 19.1 Å². The molecule has 0 aromatic carbocycles. The first-order valence-corrected chi connectivity index (χ1v) is 7.55. The lowest BCUT2D eigenvalue weighted by Gasteiger charge is -2.15. The van der Waals surface area contributed by atoms with Gasteiger partial charge in [0.2, 0.25) is 0 Å². The predicted molar refractivity (Wildman–Crippen MR) is 84.6 cm³/mol. The second kappa shape index (κ2) is 7.26. The van der Waals surface area contributed by atoms with Crippen LogP contribution in [0.4, 0.5) is 0 Å². The highest BCUT2D eigenvalue weighted by Gasteiger charge is 2.13. The molecular formula is C16H24N4O2. The van der Waals surface area contributed by atoms with Gasteiger partial charge in [-0.3, -0.25) is 4.79 Å². The van der Waals surface area contributed by atoms with Crippen LogP contribution in [0.25, 0.3) is 0 Å². The van der Waals surface area contributed by atoms with E-state index >= 15 is 0 Å². The van der Waals surface area contributed by atoms with Gasteiger partial charge >= 0.3 is 0 Å². The summed E-state index contributed by atoms with van der Waals surface area (Å²) < 4.78 is 7.72. The maximum absolute atomic E-state index is 11.8. The molecular weight excluding hydrogens is 280 g/mol. The Labute approximate surface area is 131 Å². The summed E-state index contributed by atoms with van der Waals surface area (Å²) in [7, 11) is 3.42. The third-order valence-corrected chi connectivity index (χ3v) is 3.49. The zero-order valence-electron chi connectivity index (χ0n) is 13.7. The Morgan fingerprint density at radius 3 is 2.91 bits per heavy atom. The topological polar surface area (TPSA) is 63.3 Å². The molecule has 2 heterocycles. The fourth-order valence-corrected chi connectivity index (χ4v) is 2.26. The zero-order chi connectivity index (χ0) is 16.1. The molecule has 1 atom stereocenters. The van der Waals surface area contributed by atoms with Crippen LogP contribution in [0.15, 0.2) is 28.9 Å². The van der Waals surface area contributed by atoms with E-state index < -0.39 is 0 Å². The normalized spacial score (nSPS) is 12.4. The molecule has 2 aromatic rings. The summed E-state index contributed by atoms with van der Waals surface area (Å²) in [4.78, 5) is 17.6. The van der Waals surface area contributed by atoms with Crippen molar-refractivity contribution in [1.29, 1.82) is 0 Å². The molecule has 0 fully saturated rings. The van der Waals surface area contributed by atoms with E-state index in [4.69, 9.17) is 4.42 Å². The number of nitrogens with zero attached hydrogens (tertiary/aromatic N) is 3. The van der Waals surface area contributed by atoms with Gasteiger partial charge < -0.3 is 19.2 Å². The summed E-state index contributed by atoms with van der Waals surface area (Å²) >= 11 is 0. The van der Waals surface area contributed by atoms with Crippen molar-refractivity contribution in [2.45, 2.75) is 39.4 Å². The fourth-order valence-electron chi connectivity index (χ4n) is 2.26.